The van der Waals surface area contributed by atoms with Crippen molar-refractivity contribution in [2.45, 2.75) is 57.3 Å². The van der Waals surface area contributed by atoms with Crippen LogP contribution < -0.4 is 5.32 Å². The standard InChI is InChI=1S/C19H24BrN3/c20-15-9-6-10-16(13-15)23-19-17(11-4-5-12-21-19)18(22-23)14-7-2-1-3-8-14/h6,9-10,13-14,21H,1-5,7-8,11-12H2. The van der Waals surface area contributed by atoms with Crippen molar-refractivity contribution in [3.63, 3.8) is 0 Å². The van der Waals surface area contributed by atoms with Gasteiger partial charge in [-0.2, -0.15) is 5.10 Å². The molecule has 3 nitrogen and oxygen atoms in total. The smallest absolute Gasteiger partial charge is 0.133 e. The zero-order chi connectivity index (χ0) is 15.6. The first-order valence-corrected chi connectivity index (χ1v) is 9.74. The molecule has 0 amide bonds. The van der Waals surface area contributed by atoms with Gasteiger partial charge in [0.25, 0.3) is 0 Å². The zero-order valence-corrected chi connectivity index (χ0v) is 15.1. The molecule has 2 aliphatic rings. The third-order valence-electron chi connectivity index (χ3n) is 5.21. The van der Waals surface area contributed by atoms with Gasteiger partial charge >= 0.3 is 0 Å². The van der Waals surface area contributed by atoms with Gasteiger partial charge in [0.1, 0.15) is 5.82 Å². The fourth-order valence-corrected chi connectivity index (χ4v) is 4.41. The fourth-order valence-electron chi connectivity index (χ4n) is 4.03. The van der Waals surface area contributed by atoms with Crippen LogP contribution in [-0.2, 0) is 6.42 Å². The summed E-state index contributed by atoms with van der Waals surface area (Å²) in [6.45, 7) is 1.05. The molecule has 0 bridgehead atoms. The van der Waals surface area contributed by atoms with Crippen molar-refractivity contribution in [2.75, 3.05) is 11.9 Å². The van der Waals surface area contributed by atoms with E-state index >= 15 is 0 Å². The number of hydrogen-bond donors (Lipinski definition) is 1. The zero-order valence-electron chi connectivity index (χ0n) is 13.5. The molecule has 23 heavy (non-hydrogen) atoms. The molecule has 1 aromatic carbocycles. The molecule has 0 atom stereocenters. The van der Waals surface area contributed by atoms with E-state index in [9.17, 15) is 0 Å². The van der Waals surface area contributed by atoms with E-state index in [0.717, 1.165) is 16.7 Å². The van der Waals surface area contributed by atoms with Crippen LogP contribution in [0.2, 0.25) is 0 Å². The Morgan fingerprint density at radius 1 is 1.09 bits per heavy atom. The van der Waals surface area contributed by atoms with E-state index in [0.29, 0.717) is 5.92 Å². The molecule has 4 heteroatoms. The SMILES string of the molecule is Brc1cccc(-n2nc(C3CCCCC3)c3c2NCCCC3)c1. The Balaban J connectivity index is 1.81. The summed E-state index contributed by atoms with van der Waals surface area (Å²) in [5, 5.41) is 8.76. The lowest BCUT2D eigenvalue weighted by atomic mass is 9.85. The second-order valence-corrected chi connectivity index (χ2v) is 7.74. The monoisotopic (exact) mass is 373 g/mol. The highest BCUT2D eigenvalue weighted by molar-refractivity contribution is 9.10. The number of nitrogens with one attached hydrogen (secondary N) is 1. The largest absolute Gasteiger partial charge is 0.370 e. The average molecular weight is 374 g/mol. The van der Waals surface area contributed by atoms with E-state index in [4.69, 9.17) is 5.10 Å². The van der Waals surface area contributed by atoms with Gasteiger partial charge in [0.05, 0.1) is 11.4 Å². The molecule has 0 saturated heterocycles. The Kier molecular flexibility index (Phi) is 4.43. The van der Waals surface area contributed by atoms with Gasteiger partial charge in [0.15, 0.2) is 0 Å². The van der Waals surface area contributed by atoms with Gasteiger partial charge in [-0.25, -0.2) is 4.68 Å². The van der Waals surface area contributed by atoms with Gasteiger partial charge in [-0.3, -0.25) is 0 Å². The van der Waals surface area contributed by atoms with Gasteiger partial charge in [-0.15, -0.1) is 0 Å². The van der Waals surface area contributed by atoms with Crippen molar-refractivity contribution in [1.29, 1.82) is 0 Å². The molecule has 1 aliphatic heterocycles. The van der Waals surface area contributed by atoms with Crippen LogP contribution in [0.3, 0.4) is 0 Å². The van der Waals surface area contributed by atoms with E-state index in [1.165, 1.54) is 68.4 Å². The third-order valence-corrected chi connectivity index (χ3v) is 5.70. The highest BCUT2D eigenvalue weighted by atomic mass is 79.9. The van der Waals surface area contributed by atoms with Crippen molar-refractivity contribution < 1.29 is 0 Å². The molecule has 4 rings (SSSR count). The second kappa shape index (κ2) is 6.68. The normalized spacial score (nSPS) is 19.0. The number of halogens is 1. The summed E-state index contributed by atoms with van der Waals surface area (Å²) in [5.74, 6) is 1.90. The van der Waals surface area contributed by atoms with Crippen molar-refractivity contribution in [3.8, 4) is 5.69 Å². The molecule has 1 aliphatic carbocycles. The minimum Gasteiger partial charge on any atom is -0.370 e. The maximum absolute atomic E-state index is 5.10. The number of benzene rings is 1. The molecule has 1 saturated carbocycles. The van der Waals surface area contributed by atoms with E-state index in [1.54, 1.807) is 0 Å². The van der Waals surface area contributed by atoms with E-state index < -0.39 is 0 Å². The summed E-state index contributed by atoms with van der Waals surface area (Å²) in [5.41, 5.74) is 4.00. The molecule has 2 aromatic rings. The third kappa shape index (κ3) is 3.06. The van der Waals surface area contributed by atoms with Gasteiger partial charge in [0, 0.05) is 22.5 Å². The molecule has 2 heterocycles. The van der Waals surface area contributed by atoms with Crippen LogP contribution in [0.1, 0.15) is 62.1 Å². The van der Waals surface area contributed by atoms with Crippen molar-refractivity contribution in [1.82, 2.24) is 9.78 Å². The fraction of sp³-hybridized carbons (Fsp3) is 0.526. The van der Waals surface area contributed by atoms with Gasteiger partial charge in [-0.1, -0.05) is 41.3 Å². The number of fused-ring (bicyclic) bond motifs is 1. The molecule has 1 aromatic heterocycles. The predicted octanol–water partition coefficient (Wildman–Crippen LogP) is 5.43. The first kappa shape index (κ1) is 15.3. The van der Waals surface area contributed by atoms with Crippen LogP contribution >= 0.6 is 15.9 Å². The van der Waals surface area contributed by atoms with Crippen LogP contribution in [0.5, 0.6) is 0 Å². The molecule has 122 valence electrons. The average Bonchev–Trinajstić information content (AvgIpc) is 2.77. The van der Waals surface area contributed by atoms with Crippen LogP contribution in [-0.4, -0.2) is 16.3 Å². The van der Waals surface area contributed by atoms with E-state index in [-0.39, 0.29) is 0 Å². The van der Waals surface area contributed by atoms with Crippen LogP contribution in [0.15, 0.2) is 28.7 Å². The summed E-state index contributed by atoms with van der Waals surface area (Å²) in [6, 6.07) is 8.46. The molecule has 0 radical (unpaired) electrons. The molecule has 1 fully saturated rings. The number of nitrogens with zero attached hydrogens (tertiary/aromatic N) is 2. The number of aromatic nitrogens is 2. The van der Waals surface area contributed by atoms with E-state index in [1.807, 2.05) is 0 Å². The Labute approximate surface area is 146 Å². The van der Waals surface area contributed by atoms with Crippen molar-refractivity contribution >= 4 is 21.7 Å². The highest BCUT2D eigenvalue weighted by Crippen LogP contribution is 2.38. The highest BCUT2D eigenvalue weighted by Gasteiger charge is 2.27. The lowest BCUT2D eigenvalue weighted by molar-refractivity contribution is 0.432. The minimum atomic E-state index is 0.658. The summed E-state index contributed by atoms with van der Waals surface area (Å²) in [4.78, 5) is 0. The molecule has 0 spiro atoms. The Hall–Kier alpha value is -1.29. The van der Waals surface area contributed by atoms with E-state index in [2.05, 4.69) is 50.2 Å². The van der Waals surface area contributed by atoms with Gasteiger partial charge in [-0.05, 0) is 50.3 Å². The van der Waals surface area contributed by atoms with Crippen LogP contribution in [0.4, 0.5) is 5.82 Å². The van der Waals surface area contributed by atoms with Crippen LogP contribution in [0, 0.1) is 0 Å². The second-order valence-electron chi connectivity index (χ2n) is 6.82. The number of hydrogen-bond acceptors (Lipinski definition) is 2. The minimum absolute atomic E-state index is 0.658. The summed E-state index contributed by atoms with van der Waals surface area (Å²) in [7, 11) is 0. The first-order chi connectivity index (χ1) is 11.3. The van der Waals surface area contributed by atoms with Crippen molar-refractivity contribution in [3.05, 3.63) is 40.0 Å². The molecular formula is C19H24BrN3. The molecular weight excluding hydrogens is 350 g/mol. The van der Waals surface area contributed by atoms with Gasteiger partial charge in [0.2, 0.25) is 0 Å². The summed E-state index contributed by atoms with van der Waals surface area (Å²) < 4.78 is 3.25. The first-order valence-electron chi connectivity index (χ1n) is 8.94. The maximum atomic E-state index is 5.10. The lowest BCUT2D eigenvalue weighted by Crippen LogP contribution is -2.08. The topological polar surface area (TPSA) is 29.9 Å². The van der Waals surface area contributed by atoms with Crippen molar-refractivity contribution in [2.24, 2.45) is 0 Å². The molecule has 0 unspecified atom stereocenters. The summed E-state index contributed by atoms with van der Waals surface area (Å²) >= 11 is 3.59. The predicted molar refractivity (Wildman–Crippen MR) is 98.5 cm³/mol. The Bertz CT molecular complexity index is 686. The number of rotatable bonds is 2. The Morgan fingerprint density at radius 2 is 1.96 bits per heavy atom. The van der Waals surface area contributed by atoms with Gasteiger partial charge < -0.3 is 5.32 Å². The molecule has 1 N–H and O–H groups in total. The maximum Gasteiger partial charge on any atom is 0.133 e. The number of anilines is 1. The Morgan fingerprint density at radius 3 is 2.78 bits per heavy atom. The van der Waals surface area contributed by atoms with Crippen LogP contribution in [0.25, 0.3) is 5.69 Å². The lowest BCUT2D eigenvalue weighted by Gasteiger charge is -2.20. The quantitative estimate of drug-likeness (QED) is 0.760. The summed E-state index contributed by atoms with van der Waals surface area (Å²) in [6.07, 6.45) is 10.4.